The van der Waals surface area contributed by atoms with Crippen molar-refractivity contribution in [2.75, 3.05) is 39.1 Å². The van der Waals surface area contributed by atoms with E-state index < -0.39 is 0 Å². The van der Waals surface area contributed by atoms with E-state index in [4.69, 9.17) is 4.74 Å². The van der Waals surface area contributed by atoms with E-state index in [1.54, 1.807) is 7.11 Å². The standard InChI is InChI=1S/C15H22N2O/c1-17-7-5-11(6-8-17)14-10-16-15-4-3-12(18-2)9-13(14)15/h3-4,9,11,14,16H,5-8,10H2,1-2H3. The molecule has 0 amide bonds. The fourth-order valence-electron chi connectivity index (χ4n) is 3.32. The maximum absolute atomic E-state index is 5.36. The fraction of sp³-hybridized carbons (Fsp3) is 0.600. The van der Waals surface area contributed by atoms with Gasteiger partial charge in [-0.25, -0.2) is 0 Å². The zero-order valence-corrected chi connectivity index (χ0v) is 11.3. The Morgan fingerprint density at radius 2 is 2.06 bits per heavy atom. The summed E-state index contributed by atoms with van der Waals surface area (Å²) in [6.45, 7) is 3.57. The van der Waals surface area contributed by atoms with Crippen molar-refractivity contribution in [1.29, 1.82) is 0 Å². The lowest BCUT2D eigenvalue weighted by Crippen LogP contribution is -2.33. The molecule has 0 spiro atoms. The lowest BCUT2D eigenvalue weighted by molar-refractivity contribution is 0.202. The molecule has 2 aliphatic heterocycles. The third kappa shape index (κ3) is 2.07. The summed E-state index contributed by atoms with van der Waals surface area (Å²) in [6.07, 6.45) is 2.64. The second kappa shape index (κ2) is 4.81. The number of ether oxygens (including phenoxy) is 1. The van der Waals surface area contributed by atoms with Crippen molar-refractivity contribution >= 4 is 5.69 Å². The van der Waals surface area contributed by atoms with Crippen molar-refractivity contribution in [2.24, 2.45) is 5.92 Å². The molecule has 0 aromatic heterocycles. The minimum atomic E-state index is 0.670. The van der Waals surface area contributed by atoms with E-state index >= 15 is 0 Å². The summed E-state index contributed by atoms with van der Waals surface area (Å²) in [5.41, 5.74) is 2.77. The molecule has 18 heavy (non-hydrogen) atoms. The Hall–Kier alpha value is -1.22. The van der Waals surface area contributed by atoms with Crippen LogP contribution < -0.4 is 10.1 Å². The number of benzene rings is 1. The first-order valence-electron chi connectivity index (χ1n) is 6.88. The highest BCUT2D eigenvalue weighted by molar-refractivity contribution is 5.60. The number of likely N-dealkylation sites (tertiary alicyclic amines) is 1. The largest absolute Gasteiger partial charge is 0.497 e. The van der Waals surface area contributed by atoms with Crippen LogP contribution in [-0.4, -0.2) is 38.7 Å². The maximum atomic E-state index is 5.36. The number of nitrogens with zero attached hydrogens (tertiary/aromatic N) is 1. The molecule has 1 N–H and O–H groups in total. The molecule has 3 rings (SSSR count). The van der Waals surface area contributed by atoms with Gasteiger partial charge in [0.25, 0.3) is 0 Å². The first-order chi connectivity index (χ1) is 8.78. The van der Waals surface area contributed by atoms with E-state index in [0.29, 0.717) is 5.92 Å². The minimum absolute atomic E-state index is 0.670. The lowest BCUT2D eigenvalue weighted by Gasteiger charge is -2.32. The first kappa shape index (κ1) is 11.8. The Bertz CT molecular complexity index is 425. The number of hydrogen-bond donors (Lipinski definition) is 1. The van der Waals surface area contributed by atoms with E-state index in [2.05, 4.69) is 29.4 Å². The van der Waals surface area contributed by atoms with Crippen LogP contribution in [0, 0.1) is 5.92 Å². The molecule has 2 heterocycles. The summed E-state index contributed by atoms with van der Waals surface area (Å²) in [6, 6.07) is 6.42. The zero-order valence-electron chi connectivity index (χ0n) is 11.3. The number of anilines is 1. The Kier molecular flexibility index (Phi) is 3.16. The van der Waals surface area contributed by atoms with Gasteiger partial charge in [-0.3, -0.25) is 0 Å². The molecule has 1 aromatic rings. The summed E-state index contributed by atoms with van der Waals surface area (Å²) in [5.74, 6) is 2.47. The number of rotatable bonds is 2. The smallest absolute Gasteiger partial charge is 0.119 e. The lowest BCUT2D eigenvalue weighted by atomic mass is 9.81. The second-order valence-electron chi connectivity index (χ2n) is 5.58. The number of hydrogen-bond acceptors (Lipinski definition) is 3. The number of nitrogens with one attached hydrogen (secondary N) is 1. The van der Waals surface area contributed by atoms with E-state index in [1.165, 1.54) is 37.2 Å². The minimum Gasteiger partial charge on any atom is -0.497 e. The molecular weight excluding hydrogens is 224 g/mol. The van der Waals surface area contributed by atoms with E-state index in [9.17, 15) is 0 Å². The average molecular weight is 246 g/mol. The van der Waals surface area contributed by atoms with Gasteiger partial charge < -0.3 is 15.0 Å². The predicted octanol–water partition coefficient (Wildman–Crippen LogP) is 2.55. The van der Waals surface area contributed by atoms with E-state index in [0.717, 1.165) is 18.2 Å². The quantitative estimate of drug-likeness (QED) is 0.868. The SMILES string of the molecule is COc1ccc2c(c1)C(C1CCN(C)CC1)CN2. The monoisotopic (exact) mass is 246 g/mol. The van der Waals surface area contributed by atoms with Gasteiger partial charge in [-0.15, -0.1) is 0 Å². The molecule has 1 unspecified atom stereocenters. The molecule has 3 nitrogen and oxygen atoms in total. The van der Waals surface area contributed by atoms with Crippen molar-refractivity contribution in [2.45, 2.75) is 18.8 Å². The third-order valence-corrected chi connectivity index (χ3v) is 4.50. The summed E-state index contributed by atoms with van der Waals surface area (Å²) in [7, 11) is 3.97. The molecule has 1 atom stereocenters. The van der Waals surface area contributed by atoms with Crippen LogP contribution in [0.2, 0.25) is 0 Å². The van der Waals surface area contributed by atoms with E-state index in [-0.39, 0.29) is 0 Å². The van der Waals surface area contributed by atoms with E-state index in [1.807, 2.05) is 6.07 Å². The summed E-state index contributed by atoms with van der Waals surface area (Å²) < 4.78 is 5.36. The molecule has 0 radical (unpaired) electrons. The van der Waals surface area contributed by atoms with Crippen LogP contribution in [0.3, 0.4) is 0 Å². The molecular formula is C15H22N2O. The van der Waals surface area contributed by atoms with Crippen LogP contribution in [0.5, 0.6) is 5.75 Å². The highest BCUT2D eigenvalue weighted by Gasteiger charge is 2.31. The molecule has 1 saturated heterocycles. The van der Waals surface area contributed by atoms with Crippen LogP contribution >= 0.6 is 0 Å². The number of fused-ring (bicyclic) bond motifs is 1. The molecule has 0 bridgehead atoms. The van der Waals surface area contributed by atoms with Crippen molar-refractivity contribution < 1.29 is 4.74 Å². The molecule has 0 saturated carbocycles. The van der Waals surface area contributed by atoms with Crippen LogP contribution in [0.15, 0.2) is 18.2 Å². The number of piperidine rings is 1. The molecule has 1 aromatic carbocycles. The van der Waals surface area contributed by atoms with Crippen molar-refractivity contribution in [1.82, 2.24) is 4.90 Å². The van der Waals surface area contributed by atoms with Gasteiger partial charge in [-0.1, -0.05) is 0 Å². The van der Waals surface area contributed by atoms with Gasteiger partial charge in [0.1, 0.15) is 5.75 Å². The third-order valence-electron chi connectivity index (χ3n) is 4.50. The average Bonchev–Trinajstić information content (AvgIpc) is 2.82. The van der Waals surface area contributed by atoms with Gasteiger partial charge in [0.15, 0.2) is 0 Å². The summed E-state index contributed by atoms with van der Waals surface area (Å²) in [4.78, 5) is 2.44. The summed E-state index contributed by atoms with van der Waals surface area (Å²) >= 11 is 0. The molecule has 1 fully saturated rings. The molecule has 0 aliphatic carbocycles. The molecule has 3 heteroatoms. The van der Waals surface area contributed by atoms with Gasteiger partial charge in [0.05, 0.1) is 7.11 Å². The second-order valence-corrected chi connectivity index (χ2v) is 5.58. The van der Waals surface area contributed by atoms with Crippen molar-refractivity contribution in [3.8, 4) is 5.75 Å². The fourth-order valence-corrected chi connectivity index (χ4v) is 3.32. The van der Waals surface area contributed by atoms with Crippen LogP contribution in [0.25, 0.3) is 0 Å². The molecule has 2 aliphatic rings. The Labute approximate surface area is 109 Å². The molecule has 98 valence electrons. The van der Waals surface area contributed by atoms with Gasteiger partial charge in [-0.2, -0.15) is 0 Å². The first-order valence-corrected chi connectivity index (χ1v) is 6.88. The maximum Gasteiger partial charge on any atom is 0.119 e. The van der Waals surface area contributed by atoms with Gasteiger partial charge in [0, 0.05) is 18.2 Å². The summed E-state index contributed by atoms with van der Waals surface area (Å²) in [5, 5.41) is 3.54. The van der Waals surface area contributed by atoms with Crippen molar-refractivity contribution in [3.63, 3.8) is 0 Å². The highest BCUT2D eigenvalue weighted by Crippen LogP contribution is 2.41. The Balaban J connectivity index is 1.81. The zero-order chi connectivity index (χ0) is 12.5. The van der Waals surface area contributed by atoms with Crippen LogP contribution in [0.4, 0.5) is 5.69 Å². The van der Waals surface area contributed by atoms with Crippen molar-refractivity contribution in [3.05, 3.63) is 23.8 Å². The van der Waals surface area contributed by atoms with Gasteiger partial charge in [-0.05, 0) is 62.7 Å². The Morgan fingerprint density at radius 1 is 1.28 bits per heavy atom. The van der Waals surface area contributed by atoms with Crippen LogP contribution in [-0.2, 0) is 0 Å². The normalized spacial score (nSPS) is 24.7. The highest BCUT2D eigenvalue weighted by atomic mass is 16.5. The Morgan fingerprint density at radius 3 is 2.78 bits per heavy atom. The van der Waals surface area contributed by atoms with Gasteiger partial charge in [0.2, 0.25) is 0 Å². The number of methoxy groups -OCH3 is 1. The topological polar surface area (TPSA) is 24.5 Å². The van der Waals surface area contributed by atoms with Crippen LogP contribution in [0.1, 0.15) is 24.3 Å². The van der Waals surface area contributed by atoms with Gasteiger partial charge >= 0.3 is 0 Å². The predicted molar refractivity (Wildman–Crippen MR) is 74.4 cm³/mol.